The number of carbonyl (C=O) groups excluding carboxylic acids is 2. The highest BCUT2D eigenvalue weighted by Gasteiger charge is 2.13. The average Bonchev–Trinajstić information content (AvgIpc) is 3.08. The molecule has 1 aromatic carbocycles. The maximum absolute atomic E-state index is 12.2. The first-order valence-corrected chi connectivity index (χ1v) is 7.42. The van der Waals surface area contributed by atoms with Gasteiger partial charge in [0.05, 0.1) is 6.26 Å². The molecule has 2 aromatic rings. The predicted molar refractivity (Wildman–Crippen MR) is 88.7 cm³/mol. The summed E-state index contributed by atoms with van der Waals surface area (Å²) in [5, 5.41) is 8.66. The van der Waals surface area contributed by atoms with Crippen molar-refractivity contribution in [3.05, 3.63) is 53.5 Å². The maximum atomic E-state index is 12.2. The summed E-state index contributed by atoms with van der Waals surface area (Å²) >= 11 is 0. The molecule has 1 unspecified atom stereocenters. The van der Waals surface area contributed by atoms with Gasteiger partial charge < -0.3 is 20.4 Å². The monoisotopic (exact) mass is 315 g/mol. The van der Waals surface area contributed by atoms with E-state index in [1.54, 1.807) is 30.3 Å². The van der Waals surface area contributed by atoms with Crippen LogP contribution in [0.4, 0.5) is 5.69 Å². The van der Waals surface area contributed by atoms with Gasteiger partial charge in [-0.15, -0.1) is 0 Å². The zero-order valence-corrected chi connectivity index (χ0v) is 13.5. The minimum atomic E-state index is -0.348. The summed E-state index contributed by atoms with van der Waals surface area (Å²) < 4.78 is 5.06. The van der Waals surface area contributed by atoms with Crippen molar-refractivity contribution < 1.29 is 14.0 Å². The third-order valence-corrected chi connectivity index (χ3v) is 3.55. The fraction of sp³-hybridized carbons (Fsp3) is 0.294. The summed E-state index contributed by atoms with van der Waals surface area (Å²) in [7, 11) is 1.84. The van der Waals surface area contributed by atoms with Gasteiger partial charge in [-0.1, -0.05) is 6.07 Å². The number of likely N-dealkylation sites (N-methyl/N-ethyl adjacent to an activating group) is 1. The van der Waals surface area contributed by atoms with E-state index in [2.05, 4.69) is 16.0 Å². The first-order valence-electron chi connectivity index (χ1n) is 7.42. The number of amides is 2. The molecule has 3 N–H and O–H groups in total. The van der Waals surface area contributed by atoms with E-state index in [1.165, 1.54) is 6.26 Å². The lowest BCUT2D eigenvalue weighted by atomic mass is 10.1. The molecule has 1 atom stereocenters. The number of anilines is 1. The highest BCUT2D eigenvalue weighted by Crippen LogP contribution is 2.18. The highest BCUT2D eigenvalue weighted by molar-refractivity contribution is 6.03. The van der Waals surface area contributed by atoms with Crippen molar-refractivity contribution in [3.63, 3.8) is 0 Å². The zero-order valence-electron chi connectivity index (χ0n) is 13.5. The molecule has 0 aliphatic rings. The second-order valence-electron chi connectivity index (χ2n) is 5.36. The molecular weight excluding hydrogens is 294 g/mol. The second-order valence-corrected chi connectivity index (χ2v) is 5.36. The van der Waals surface area contributed by atoms with Crippen molar-refractivity contribution in [2.75, 3.05) is 18.9 Å². The Morgan fingerprint density at radius 2 is 2.00 bits per heavy atom. The smallest absolute Gasteiger partial charge is 0.291 e. The molecule has 0 bridgehead atoms. The van der Waals surface area contributed by atoms with Crippen molar-refractivity contribution in [2.45, 2.75) is 19.9 Å². The SMILES string of the molecule is CNC(C)CNC(=O)c1ccc(C)c(NC(=O)c2ccco2)c1. The number of carbonyl (C=O) groups is 2. The number of hydrogen-bond donors (Lipinski definition) is 3. The van der Waals surface area contributed by atoms with Crippen LogP contribution in [0.25, 0.3) is 0 Å². The standard InChI is InChI=1S/C17H21N3O3/c1-11-6-7-13(16(21)19-10-12(2)18-3)9-14(11)20-17(22)15-5-4-8-23-15/h4-9,12,18H,10H2,1-3H3,(H,19,21)(H,20,22). The third-order valence-electron chi connectivity index (χ3n) is 3.55. The lowest BCUT2D eigenvalue weighted by molar-refractivity contribution is 0.0948. The van der Waals surface area contributed by atoms with E-state index in [-0.39, 0.29) is 23.6 Å². The fourth-order valence-corrected chi connectivity index (χ4v) is 1.94. The van der Waals surface area contributed by atoms with Gasteiger partial charge in [0.1, 0.15) is 0 Å². The van der Waals surface area contributed by atoms with E-state index in [0.717, 1.165) is 5.56 Å². The Morgan fingerprint density at radius 3 is 2.65 bits per heavy atom. The Morgan fingerprint density at radius 1 is 1.22 bits per heavy atom. The second kappa shape index (κ2) is 7.60. The molecule has 2 amide bonds. The van der Waals surface area contributed by atoms with Crippen LogP contribution in [-0.4, -0.2) is 31.4 Å². The minimum absolute atomic E-state index is 0.180. The van der Waals surface area contributed by atoms with Gasteiger partial charge in [0.25, 0.3) is 11.8 Å². The first kappa shape index (κ1) is 16.8. The number of hydrogen-bond acceptors (Lipinski definition) is 4. The summed E-state index contributed by atoms with van der Waals surface area (Å²) in [6, 6.07) is 8.61. The van der Waals surface area contributed by atoms with Gasteiger partial charge in [-0.2, -0.15) is 0 Å². The molecule has 0 radical (unpaired) electrons. The Kier molecular flexibility index (Phi) is 5.54. The molecule has 0 saturated carbocycles. The van der Waals surface area contributed by atoms with E-state index in [4.69, 9.17) is 4.42 Å². The van der Waals surface area contributed by atoms with Crippen molar-refractivity contribution >= 4 is 17.5 Å². The van der Waals surface area contributed by atoms with Crippen molar-refractivity contribution in [2.24, 2.45) is 0 Å². The lowest BCUT2D eigenvalue weighted by Crippen LogP contribution is -2.37. The van der Waals surface area contributed by atoms with Crippen molar-refractivity contribution in [1.82, 2.24) is 10.6 Å². The molecule has 0 saturated heterocycles. The molecule has 0 aliphatic heterocycles. The van der Waals surface area contributed by atoms with Crippen LogP contribution >= 0.6 is 0 Å². The van der Waals surface area contributed by atoms with Gasteiger partial charge in [-0.05, 0) is 50.7 Å². The van der Waals surface area contributed by atoms with Crippen LogP contribution in [0.3, 0.4) is 0 Å². The molecule has 1 heterocycles. The summed E-state index contributed by atoms with van der Waals surface area (Å²) in [4.78, 5) is 24.2. The topological polar surface area (TPSA) is 83.4 Å². The van der Waals surface area contributed by atoms with Gasteiger partial charge in [0, 0.05) is 23.8 Å². The number of rotatable bonds is 6. The molecule has 23 heavy (non-hydrogen) atoms. The largest absolute Gasteiger partial charge is 0.459 e. The van der Waals surface area contributed by atoms with Gasteiger partial charge in [-0.3, -0.25) is 9.59 Å². The van der Waals surface area contributed by atoms with E-state index in [0.29, 0.717) is 17.8 Å². The van der Waals surface area contributed by atoms with E-state index in [9.17, 15) is 9.59 Å². The third kappa shape index (κ3) is 4.43. The quantitative estimate of drug-likeness (QED) is 0.763. The number of nitrogens with one attached hydrogen (secondary N) is 3. The zero-order chi connectivity index (χ0) is 16.8. The molecular formula is C17H21N3O3. The molecule has 122 valence electrons. The average molecular weight is 315 g/mol. The van der Waals surface area contributed by atoms with E-state index >= 15 is 0 Å². The van der Waals surface area contributed by atoms with Gasteiger partial charge >= 0.3 is 0 Å². The van der Waals surface area contributed by atoms with Crippen LogP contribution in [0, 0.1) is 6.92 Å². The Hall–Kier alpha value is -2.60. The van der Waals surface area contributed by atoms with Crippen molar-refractivity contribution in [3.8, 4) is 0 Å². The molecule has 6 nitrogen and oxygen atoms in total. The van der Waals surface area contributed by atoms with Crippen LogP contribution in [0.5, 0.6) is 0 Å². The Balaban J connectivity index is 2.09. The molecule has 1 aromatic heterocycles. The molecule has 0 aliphatic carbocycles. The maximum Gasteiger partial charge on any atom is 0.291 e. The highest BCUT2D eigenvalue weighted by atomic mass is 16.3. The minimum Gasteiger partial charge on any atom is -0.459 e. The normalized spacial score (nSPS) is 11.8. The van der Waals surface area contributed by atoms with Gasteiger partial charge in [-0.25, -0.2) is 0 Å². The van der Waals surface area contributed by atoms with Crippen LogP contribution in [0.15, 0.2) is 41.0 Å². The lowest BCUT2D eigenvalue weighted by Gasteiger charge is -2.13. The summed E-state index contributed by atoms with van der Waals surface area (Å²) in [5.74, 6) is -0.304. The van der Waals surface area contributed by atoms with Crippen LogP contribution < -0.4 is 16.0 Å². The first-order chi connectivity index (χ1) is 11.0. The summed E-state index contributed by atoms with van der Waals surface area (Å²) in [6.07, 6.45) is 1.44. The fourth-order valence-electron chi connectivity index (χ4n) is 1.94. The molecule has 0 spiro atoms. The van der Waals surface area contributed by atoms with E-state index < -0.39 is 0 Å². The number of furan rings is 1. The molecule has 6 heteroatoms. The van der Waals surface area contributed by atoms with E-state index in [1.807, 2.05) is 20.9 Å². The Labute approximate surface area is 135 Å². The molecule has 2 rings (SSSR count). The van der Waals surface area contributed by atoms with Crippen LogP contribution in [0.2, 0.25) is 0 Å². The van der Waals surface area contributed by atoms with Crippen molar-refractivity contribution in [1.29, 1.82) is 0 Å². The number of benzene rings is 1. The summed E-state index contributed by atoms with van der Waals surface area (Å²) in [5.41, 5.74) is 1.94. The molecule has 0 fully saturated rings. The summed E-state index contributed by atoms with van der Waals surface area (Å²) in [6.45, 7) is 4.37. The van der Waals surface area contributed by atoms with Gasteiger partial charge in [0.2, 0.25) is 0 Å². The van der Waals surface area contributed by atoms with Gasteiger partial charge in [0.15, 0.2) is 5.76 Å². The van der Waals surface area contributed by atoms with Crippen LogP contribution in [0.1, 0.15) is 33.4 Å². The Bertz CT molecular complexity index is 680. The number of aryl methyl sites for hydroxylation is 1. The predicted octanol–water partition coefficient (Wildman–Crippen LogP) is 2.18. The van der Waals surface area contributed by atoms with Crippen LogP contribution in [-0.2, 0) is 0 Å².